The van der Waals surface area contributed by atoms with E-state index in [9.17, 15) is 23.1 Å². The summed E-state index contributed by atoms with van der Waals surface area (Å²) in [6.45, 7) is 0.704. The van der Waals surface area contributed by atoms with Crippen LogP contribution in [0.1, 0.15) is 24.0 Å². The molecule has 2 aromatic carbocycles. The molecule has 25 heavy (non-hydrogen) atoms. The van der Waals surface area contributed by atoms with Crippen LogP contribution in [0.3, 0.4) is 0 Å². The number of benzene rings is 2. The Hall–Kier alpha value is -2.34. The summed E-state index contributed by atoms with van der Waals surface area (Å²) in [5, 5.41) is 9.67. The minimum atomic E-state index is -4.45. The standard InChI is InChI=1S/C19H17F3O3/c20-19(21,22)16-4-2-1-3-15(16)13-5-7-14(8-6-13)18(17(23)24)9-11-25-12-10-18/h1-8H,9-12H2,(H,23,24). The van der Waals surface area contributed by atoms with Gasteiger partial charge >= 0.3 is 12.1 Å². The molecule has 0 aromatic heterocycles. The number of hydrogen-bond acceptors (Lipinski definition) is 2. The number of carboxylic acids is 1. The molecule has 1 heterocycles. The van der Waals surface area contributed by atoms with Crippen molar-refractivity contribution in [3.63, 3.8) is 0 Å². The second kappa shape index (κ2) is 6.52. The van der Waals surface area contributed by atoms with Crippen LogP contribution in [0.4, 0.5) is 13.2 Å². The molecule has 1 aliphatic rings. The van der Waals surface area contributed by atoms with Gasteiger partial charge in [-0.3, -0.25) is 4.79 Å². The first kappa shape index (κ1) is 17.5. The predicted octanol–water partition coefficient (Wildman–Crippen LogP) is 4.51. The van der Waals surface area contributed by atoms with Crippen molar-refractivity contribution in [2.75, 3.05) is 13.2 Å². The molecular weight excluding hydrogens is 333 g/mol. The van der Waals surface area contributed by atoms with E-state index in [0.717, 1.165) is 6.07 Å². The van der Waals surface area contributed by atoms with Crippen LogP contribution < -0.4 is 0 Å². The van der Waals surface area contributed by atoms with Gasteiger partial charge in [-0.25, -0.2) is 0 Å². The molecule has 1 fully saturated rings. The van der Waals surface area contributed by atoms with Crippen LogP contribution >= 0.6 is 0 Å². The van der Waals surface area contributed by atoms with E-state index in [-0.39, 0.29) is 5.56 Å². The van der Waals surface area contributed by atoms with E-state index >= 15 is 0 Å². The van der Waals surface area contributed by atoms with Crippen molar-refractivity contribution >= 4 is 5.97 Å². The Morgan fingerprint density at radius 1 is 1.00 bits per heavy atom. The zero-order chi connectivity index (χ0) is 18.1. The van der Waals surface area contributed by atoms with E-state index in [1.807, 2.05) is 0 Å². The summed E-state index contributed by atoms with van der Waals surface area (Å²) in [5.41, 5.74) is -0.666. The maximum atomic E-state index is 13.2. The van der Waals surface area contributed by atoms with Crippen molar-refractivity contribution in [3.8, 4) is 11.1 Å². The summed E-state index contributed by atoms with van der Waals surface area (Å²) in [7, 11) is 0. The molecule has 3 rings (SSSR count). The molecule has 0 atom stereocenters. The van der Waals surface area contributed by atoms with Crippen LogP contribution in [-0.2, 0) is 21.1 Å². The smallest absolute Gasteiger partial charge is 0.417 e. The summed E-state index contributed by atoms with van der Waals surface area (Å²) in [6, 6.07) is 11.7. The maximum Gasteiger partial charge on any atom is 0.417 e. The molecule has 0 bridgehead atoms. The molecular formula is C19H17F3O3. The van der Waals surface area contributed by atoms with Crippen molar-refractivity contribution in [1.82, 2.24) is 0 Å². The lowest BCUT2D eigenvalue weighted by molar-refractivity contribution is -0.147. The Kier molecular flexibility index (Phi) is 4.56. The number of ether oxygens (including phenoxy) is 1. The van der Waals surface area contributed by atoms with Crippen molar-refractivity contribution < 1.29 is 27.8 Å². The van der Waals surface area contributed by atoms with Crippen molar-refractivity contribution in [2.24, 2.45) is 0 Å². The summed E-state index contributed by atoms with van der Waals surface area (Å²) in [4.78, 5) is 11.8. The highest BCUT2D eigenvalue weighted by atomic mass is 19.4. The summed E-state index contributed by atoms with van der Waals surface area (Å²) in [5.74, 6) is -0.931. The average Bonchev–Trinajstić information content (AvgIpc) is 2.61. The van der Waals surface area contributed by atoms with Crippen molar-refractivity contribution in [2.45, 2.75) is 24.4 Å². The monoisotopic (exact) mass is 350 g/mol. The van der Waals surface area contributed by atoms with E-state index < -0.39 is 23.1 Å². The number of rotatable bonds is 3. The number of hydrogen-bond donors (Lipinski definition) is 1. The first-order valence-electron chi connectivity index (χ1n) is 7.93. The lowest BCUT2D eigenvalue weighted by Gasteiger charge is -2.33. The number of halogens is 3. The molecule has 6 heteroatoms. The number of alkyl halides is 3. The van der Waals surface area contributed by atoms with Gasteiger partial charge < -0.3 is 9.84 Å². The highest BCUT2D eigenvalue weighted by Gasteiger charge is 2.42. The van der Waals surface area contributed by atoms with Gasteiger partial charge in [0.1, 0.15) is 0 Å². The number of carboxylic acid groups (broad SMARTS) is 1. The minimum absolute atomic E-state index is 0.0814. The summed E-state index contributed by atoms with van der Waals surface area (Å²) >= 11 is 0. The Balaban J connectivity index is 2.00. The summed E-state index contributed by atoms with van der Waals surface area (Å²) < 4.78 is 44.8. The molecule has 132 valence electrons. The molecule has 0 unspecified atom stereocenters. The highest BCUT2D eigenvalue weighted by molar-refractivity contribution is 5.82. The van der Waals surface area contributed by atoms with E-state index in [1.54, 1.807) is 30.3 Å². The van der Waals surface area contributed by atoms with E-state index in [0.29, 0.717) is 37.2 Å². The quantitative estimate of drug-likeness (QED) is 0.886. The van der Waals surface area contributed by atoms with Crippen LogP contribution in [0.5, 0.6) is 0 Å². The fourth-order valence-electron chi connectivity index (χ4n) is 3.30. The van der Waals surface area contributed by atoms with Gasteiger partial charge in [0.05, 0.1) is 11.0 Å². The van der Waals surface area contributed by atoms with Gasteiger partial charge in [0.2, 0.25) is 0 Å². The van der Waals surface area contributed by atoms with Gasteiger partial charge in [-0.15, -0.1) is 0 Å². The van der Waals surface area contributed by atoms with Crippen LogP contribution in [0.15, 0.2) is 48.5 Å². The SMILES string of the molecule is O=C(O)C1(c2ccc(-c3ccccc3C(F)(F)F)cc2)CCOCC1. The van der Waals surface area contributed by atoms with Crippen molar-refractivity contribution in [1.29, 1.82) is 0 Å². The first-order valence-corrected chi connectivity index (χ1v) is 7.93. The second-order valence-electron chi connectivity index (χ2n) is 6.12. The van der Waals surface area contributed by atoms with Crippen molar-refractivity contribution in [3.05, 3.63) is 59.7 Å². The minimum Gasteiger partial charge on any atom is -0.481 e. The fraction of sp³-hybridized carbons (Fsp3) is 0.316. The Morgan fingerprint density at radius 3 is 2.16 bits per heavy atom. The third-order valence-electron chi connectivity index (χ3n) is 4.74. The van der Waals surface area contributed by atoms with Crippen LogP contribution in [0, 0.1) is 0 Å². The van der Waals surface area contributed by atoms with Crippen LogP contribution in [0.2, 0.25) is 0 Å². The predicted molar refractivity (Wildman–Crippen MR) is 86.2 cm³/mol. The number of aliphatic carboxylic acids is 1. The van der Waals surface area contributed by atoms with E-state index in [1.165, 1.54) is 12.1 Å². The maximum absolute atomic E-state index is 13.2. The molecule has 1 aliphatic heterocycles. The largest absolute Gasteiger partial charge is 0.481 e. The molecule has 0 saturated carbocycles. The van der Waals surface area contributed by atoms with Crippen LogP contribution in [-0.4, -0.2) is 24.3 Å². The molecule has 0 amide bonds. The average molecular weight is 350 g/mol. The van der Waals surface area contributed by atoms with Gasteiger partial charge in [0, 0.05) is 13.2 Å². The van der Waals surface area contributed by atoms with Gasteiger partial charge in [0.25, 0.3) is 0 Å². The van der Waals surface area contributed by atoms with Crippen LogP contribution in [0.25, 0.3) is 11.1 Å². The van der Waals surface area contributed by atoms with Gasteiger partial charge in [0.15, 0.2) is 0 Å². The molecule has 0 aliphatic carbocycles. The second-order valence-corrected chi connectivity index (χ2v) is 6.12. The normalized spacial score (nSPS) is 17.2. The zero-order valence-corrected chi connectivity index (χ0v) is 13.3. The lowest BCUT2D eigenvalue weighted by atomic mass is 9.74. The first-order chi connectivity index (χ1) is 11.8. The molecule has 0 radical (unpaired) electrons. The molecule has 2 aromatic rings. The lowest BCUT2D eigenvalue weighted by Crippen LogP contribution is -2.41. The third kappa shape index (κ3) is 3.26. The fourth-order valence-corrected chi connectivity index (χ4v) is 3.30. The Bertz CT molecular complexity index is 760. The molecule has 0 spiro atoms. The zero-order valence-electron chi connectivity index (χ0n) is 13.3. The third-order valence-corrected chi connectivity index (χ3v) is 4.74. The molecule has 1 saturated heterocycles. The van der Waals surface area contributed by atoms with E-state index in [2.05, 4.69) is 0 Å². The Labute approximate surface area is 143 Å². The molecule has 3 nitrogen and oxygen atoms in total. The topological polar surface area (TPSA) is 46.5 Å². The van der Waals surface area contributed by atoms with Gasteiger partial charge in [-0.1, -0.05) is 42.5 Å². The van der Waals surface area contributed by atoms with E-state index in [4.69, 9.17) is 4.74 Å². The van der Waals surface area contributed by atoms with Gasteiger partial charge in [-0.05, 0) is 35.6 Å². The molecule has 1 N–H and O–H groups in total. The summed E-state index contributed by atoms with van der Waals surface area (Å²) in [6.07, 6.45) is -3.75. The van der Waals surface area contributed by atoms with Gasteiger partial charge in [-0.2, -0.15) is 13.2 Å². The number of carbonyl (C=O) groups is 1. The Morgan fingerprint density at radius 2 is 1.60 bits per heavy atom. The highest BCUT2D eigenvalue weighted by Crippen LogP contribution is 2.39.